The Hall–Kier alpha value is -0.780. The average Bonchev–Trinajstić information content (AvgIpc) is 2.42. The standard InChI is InChI=1S/C14H21ClN2O2S/c1-3-11-5-4-6-17(9-11)20(18,19)14-8-13(16)12(15)7-10(14)2/h7-8,11H,3-6,9,16H2,1-2H3. The maximum absolute atomic E-state index is 12.8. The fraction of sp³-hybridized carbons (Fsp3) is 0.571. The highest BCUT2D eigenvalue weighted by atomic mass is 35.5. The Morgan fingerprint density at radius 1 is 1.45 bits per heavy atom. The van der Waals surface area contributed by atoms with Gasteiger partial charge in [-0.1, -0.05) is 24.9 Å². The highest BCUT2D eigenvalue weighted by Gasteiger charge is 2.30. The van der Waals surface area contributed by atoms with Crippen LogP contribution < -0.4 is 5.73 Å². The molecule has 1 aromatic carbocycles. The van der Waals surface area contributed by atoms with Crippen molar-refractivity contribution in [2.75, 3.05) is 18.8 Å². The van der Waals surface area contributed by atoms with E-state index in [1.807, 2.05) is 0 Å². The van der Waals surface area contributed by atoms with Crippen molar-refractivity contribution in [1.82, 2.24) is 4.31 Å². The van der Waals surface area contributed by atoms with Crippen molar-refractivity contribution in [2.45, 2.75) is 38.0 Å². The average molecular weight is 317 g/mol. The molecule has 0 bridgehead atoms. The van der Waals surface area contributed by atoms with Crippen molar-refractivity contribution in [2.24, 2.45) is 5.92 Å². The summed E-state index contributed by atoms with van der Waals surface area (Å²) in [5.74, 6) is 0.448. The van der Waals surface area contributed by atoms with Gasteiger partial charge in [-0.15, -0.1) is 0 Å². The minimum absolute atomic E-state index is 0.274. The number of nitrogens with two attached hydrogens (primary N) is 1. The molecule has 0 amide bonds. The van der Waals surface area contributed by atoms with Gasteiger partial charge >= 0.3 is 0 Å². The second-order valence-electron chi connectivity index (χ2n) is 5.42. The molecule has 6 heteroatoms. The second kappa shape index (κ2) is 5.92. The van der Waals surface area contributed by atoms with Gasteiger partial charge in [0.2, 0.25) is 10.0 Å². The molecule has 0 aliphatic carbocycles. The molecule has 4 nitrogen and oxygen atoms in total. The van der Waals surface area contributed by atoms with Crippen molar-refractivity contribution in [3.05, 3.63) is 22.7 Å². The maximum atomic E-state index is 12.8. The van der Waals surface area contributed by atoms with E-state index in [9.17, 15) is 8.42 Å². The summed E-state index contributed by atoms with van der Waals surface area (Å²) >= 11 is 5.93. The van der Waals surface area contributed by atoms with Crippen molar-refractivity contribution in [3.63, 3.8) is 0 Å². The van der Waals surface area contributed by atoms with E-state index in [0.717, 1.165) is 19.3 Å². The predicted octanol–water partition coefficient (Wildman–Crippen LogP) is 3.04. The molecule has 0 spiro atoms. The number of hydrogen-bond acceptors (Lipinski definition) is 3. The number of piperidine rings is 1. The van der Waals surface area contributed by atoms with Crippen LogP contribution in [0.1, 0.15) is 31.7 Å². The lowest BCUT2D eigenvalue weighted by atomic mass is 9.97. The lowest BCUT2D eigenvalue weighted by Crippen LogP contribution is -2.40. The zero-order valence-electron chi connectivity index (χ0n) is 11.9. The molecule has 1 aliphatic rings. The first-order chi connectivity index (χ1) is 9.36. The van der Waals surface area contributed by atoms with Gasteiger partial charge in [-0.05, 0) is 43.4 Å². The summed E-state index contributed by atoms with van der Waals surface area (Å²) in [6.07, 6.45) is 3.03. The van der Waals surface area contributed by atoms with Crippen LogP contribution in [-0.2, 0) is 10.0 Å². The van der Waals surface area contributed by atoms with Gasteiger partial charge in [0.25, 0.3) is 0 Å². The Bertz CT molecular complexity index is 601. The summed E-state index contributed by atoms with van der Waals surface area (Å²) in [6, 6.07) is 3.09. The first-order valence-corrected chi connectivity index (χ1v) is 8.73. The second-order valence-corrected chi connectivity index (χ2v) is 7.73. The molecular weight excluding hydrogens is 296 g/mol. The zero-order chi connectivity index (χ0) is 14.9. The van der Waals surface area contributed by atoms with Crippen LogP contribution in [0.4, 0.5) is 5.69 Å². The van der Waals surface area contributed by atoms with E-state index in [1.165, 1.54) is 6.07 Å². The van der Waals surface area contributed by atoms with Crippen LogP contribution in [0.3, 0.4) is 0 Å². The molecule has 1 saturated heterocycles. The van der Waals surface area contributed by atoms with Gasteiger partial charge in [-0.25, -0.2) is 8.42 Å². The molecule has 1 heterocycles. The van der Waals surface area contributed by atoms with E-state index in [1.54, 1.807) is 17.3 Å². The van der Waals surface area contributed by atoms with E-state index in [4.69, 9.17) is 17.3 Å². The number of nitrogen functional groups attached to an aromatic ring is 1. The highest BCUT2D eigenvalue weighted by Crippen LogP contribution is 2.30. The Morgan fingerprint density at radius 2 is 2.15 bits per heavy atom. The normalized spacial score (nSPS) is 21.1. The van der Waals surface area contributed by atoms with Gasteiger partial charge < -0.3 is 5.73 Å². The number of rotatable bonds is 3. The minimum Gasteiger partial charge on any atom is -0.397 e. The molecule has 1 unspecified atom stereocenters. The van der Waals surface area contributed by atoms with Crippen LogP contribution in [0.5, 0.6) is 0 Å². The lowest BCUT2D eigenvalue weighted by molar-refractivity contribution is 0.261. The van der Waals surface area contributed by atoms with Gasteiger partial charge in [0.15, 0.2) is 0 Å². The number of sulfonamides is 1. The van der Waals surface area contributed by atoms with Crippen molar-refractivity contribution >= 4 is 27.3 Å². The molecule has 1 aliphatic heterocycles. The van der Waals surface area contributed by atoms with Crippen LogP contribution in [0.15, 0.2) is 17.0 Å². The summed E-state index contributed by atoms with van der Waals surface area (Å²) in [5, 5.41) is 0.395. The van der Waals surface area contributed by atoms with Gasteiger partial charge in [0, 0.05) is 13.1 Å². The van der Waals surface area contributed by atoms with Crippen LogP contribution in [-0.4, -0.2) is 25.8 Å². The van der Waals surface area contributed by atoms with E-state index in [2.05, 4.69) is 6.92 Å². The maximum Gasteiger partial charge on any atom is 0.243 e. The predicted molar refractivity (Wildman–Crippen MR) is 82.4 cm³/mol. The Balaban J connectivity index is 2.37. The monoisotopic (exact) mass is 316 g/mol. The Kier molecular flexibility index (Phi) is 4.62. The van der Waals surface area contributed by atoms with E-state index < -0.39 is 10.0 Å². The molecule has 112 valence electrons. The quantitative estimate of drug-likeness (QED) is 0.872. The van der Waals surface area contributed by atoms with E-state index in [0.29, 0.717) is 35.3 Å². The van der Waals surface area contributed by atoms with Gasteiger partial charge in [-0.3, -0.25) is 0 Å². The van der Waals surface area contributed by atoms with E-state index >= 15 is 0 Å². The first-order valence-electron chi connectivity index (χ1n) is 6.92. The molecule has 0 radical (unpaired) electrons. The number of anilines is 1. The highest BCUT2D eigenvalue weighted by molar-refractivity contribution is 7.89. The SMILES string of the molecule is CCC1CCCN(S(=O)(=O)c2cc(N)c(Cl)cc2C)C1. The molecule has 0 saturated carbocycles. The number of hydrogen-bond donors (Lipinski definition) is 1. The van der Waals surface area contributed by atoms with Crippen molar-refractivity contribution in [3.8, 4) is 0 Å². The third-order valence-electron chi connectivity index (χ3n) is 3.97. The number of aryl methyl sites for hydroxylation is 1. The fourth-order valence-corrected chi connectivity index (χ4v) is 4.68. The summed E-state index contributed by atoms with van der Waals surface area (Å²) in [5.41, 5.74) is 6.70. The Labute approximate surface area is 126 Å². The molecule has 20 heavy (non-hydrogen) atoms. The fourth-order valence-electron chi connectivity index (χ4n) is 2.66. The van der Waals surface area contributed by atoms with E-state index in [-0.39, 0.29) is 4.90 Å². The largest absolute Gasteiger partial charge is 0.397 e. The Morgan fingerprint density at radius 3 is 2.80 bits per heavy atom. The van der Waals surface area contributed by atoms with Gasteiger partial charge in [0.1, 0.15) is 0 Å². The lowest BCUT2D eigenvalue weighted by Gasteiger charge is -2.31. The first kappa shape index (κ1) is 15.6. The van der Waals surface area contributed by atoms with Gasteiger partial charge in [-0.2, -0.15) is 4.31 Å². The van der Waals surface area contributed by atoms with Crippen LogP contribution in [0.25, 0.3) is 0 Å². The summed E-state index contributed by atoms with van der Waals surface area (Å²) < 4.78 is 27.1. The van der Waals surface area contributed by atoms with Crippen LogP contribution in [0, 0.1) is 12.8 Å². The third kappa shape index (κ3) is 2.95. The topological polar surface area (TPSA) is 63.4 Å². The third-order valence-corrected chi connectivity index (χ3v) is 6.31. The number of benzene rings is 1. The number of halogens is 1. The molecule has 1 aromatic rings. The molecular formula is C14H21ClN2O2S. The molecule has 1 atom stereocenters. The summed E-state index contributed by atoms with van der Waals surface area (Å²) in [4.78, 5) is 0.274. The zero-order valence-corrected chi connectivity index (χ0v) is 13.5. The van der Waals surface area contributed by atoms with Crippen LogP contribution in [0.2, 0.25) is 5.02 Å². The smallest absolute Gasteiger partial charge is 0.243 e. The minimum atomic E-state index is -3.48. The molecule has 0 aromatic heterocycles. The molecule has 1 fully saturated rings. The molecule has 2 rings (SSSR count). The number of nitrogens with zero attached hydrogens (tertiary/aromatic N) is 1. The van der Waals surface area contributed by atoms with Crippen LogP contribution >= 0.6 is 11.6 Å². The van der Waals surface area contributed by atoms with Gasteiger partial charge in [0.05, 0.1) is 15.6 Å². The van der Waals surface area contributed by atoms with Crippen molar-refractivity contribution in [1.29, 1.82) is 0 Å². The van der Waals surface area contributed by atoms with Crippen molar-refractivity contribution < 1.29 is 8.42 Å². The summed E-state index contributed by atoms with van der Waals surface area (Å²) in [7, 11) is -3.48. The molecule has 2 N–H and O–H groups in total. The summed E-state index contributed by atoms with van der Waals surface area (Å²) in [6.45, 7) is 5.04.